The van der Waals surface area contributed by atoms with E-state index in [0.29, 0.717) is 36.4 Å². The Labute approximate surface area is 194 Å². The number of imidazole rings is 1. The molecule has 1 aromatic heterocycles. The minimum atomic E-state index is -0.414. The van der Waals surface area contributed by atoms with Gasteiger partial charge in [-0.2, -0.15) is 0 Å². The molecule has 0 spiro atoms. The van der Waals surface area contributed by atoms with Gasteiger partial charge in [-0.1, -0.05) is 24.3 Å². The van der Waals surface area contributed by atoms with Gasteiger partial charge in [-0.05, 0) is 35.4 Å². The summed E-state index contributed by atoms with van der Waals surface area (Å²) < 4.78 is 32.9. The topological polar surface area (TPSA) is 95.9 Å². The van der Waals surface area contributed by atoms with Gasteiger partial charge in [-0.3, -0.25) is 9.88 Å². The average Bonchev–Trinajstić information content (AvgIpc) is 3.02. The zero-order valence-corrected chi connectivity index (χ0v) is 18.2. The number of aliphatic imine (C=N–C) groups is 1. The van der Waals surface area contributed by atoms with E-state index in [1.165, 1.54) is 12.1 Å². The van der Waals surface area contributed by atoms with Gasteiger partial charge in [0.05, 0.1) is 24.2 Å². The number of hydrogen-bond donors (Lipinski definition) is 2. The van der Waals surface area contributed by atoms with Gasteiger partial charge < -0.3 is 19.9 Å². The molecule has 2 aliphatic rings. The van der Waals surface area contributed by atoms with Gasteiger partial charge >= 0.3 is 0 Å². The van der Waals surface area contributed by atoms with Crippen LogP contribution in [0.1, 0.15) is 23.7 Å². The number of fused-ring (bicyclic) bond motifs is 4. The van der Waals surface area contributed by atoms with Crippen molar-refractivity contribution in [1.82, 2.24) is 9.55 Å². The first-order chi connectivity index (χ1) is 16.6. The first kappa shape index (κ1) is 20.3. The lowest BCUT2D eigenvalue weighted by atomic mass is 10.1. The molecule has 0 amide bonds. The number of nitrogens with one attached hydrogen (secondary N) is 1. The summed E-state index contributed by atoms with van der Waals surface area (Å²) in [6.45, 7) is 1.49. The van der Waals surface area contributed by atoms with E-state index in [1.807, 2.05) is 47.0 Å². The summed E-state index contributed by atoms with van der Waals surface area (Å²) in [5, 5.41) is 3.05. The number of anilines is 1. The molecule has 4 aromatic rings. The predicted octanol–water partition coefficient (Wildman–Crippen LogP) is 4.20. The molecule has 8 nitrogen and oxygen atoms in total. The van der Waals surface area contributed by atoms with Gasteiger partial charge in [0.2, 0.25) is 5.95 Å². The highest BCUT2D eigenvalue weighted by molar-refractivity contribution is 5.95. The highest BCUT2D eigenvalue weighted by Crippen LogP contribution is 2.39. The molecule has 0 aliphatic carbocycles. The Bertz CT molecular complexity index is 1400. The summed E-state index contributed by atoms with van der Waals surface area (Å²) in [6.07, 6.45) is 0.416. The van der Waals surface area contributed by atoms with E-state index < -0.39 is 6.17 Å². The van der Waals surface area contributed by atoms with Crippen molar-refractivity contribution in [3.05, 3.63) is 77.6 Å². The van der Waals surface area contributed by atoms with E-state index in [9.17, 15) is 4.39 Å². The Morgan fingerprint density at radius 3 is 2.65 bits per heavy atom. The minimum Gasteiger partial charge on any atom is -0.489 e. The molecule has 6 rings (SSSR count). The first-order valence-electron chi connectivity index (χ1n) is 11.0. The molecule has 34 heavy (non-hydrogen) atoms. The number of benzene rings is 3. The van der Waals surface area contributed by atoms with Crippen molar-refractivity contribution in [3.8, 4) is 17.2 Å². The molecule has 3 aromatic carbocycles. The second-order valence-electron chi connectivity index (χ2n) is 8.14. The van der Waals surface area contributed by atoms with Crippen LogP contribution in [0.5, 0.6) is 17.2 Å². The standard InChI is InChI=1S/C25H22FN5O3/c26-17-4-1-3-15(11-17)14-34-18-7-5-16(6-8-18)23-29-24(27)30-25-28-19-12-21-22(13-20(19)31(23)25)33-10-2-9-32-21/h1,3-8,11-13,23H,2,9-10,14H2,(H3,27,28,29,30)/t23-/m1/s1. The van der Waals surface area contributed by atoms with Crippen molar-refractivity contribution >= 4 is 22.9 Å². The van der Waals surface area contributed by atoms with E-state index in [4.69, 9.17) is 24.9 Å². The second-order valence-corrected chi connectivity index (χ2v) is 8.14. The van der Waals surface area contributed by atoms with Crippen LogP contribution < -0.4 is 25.3 Å². The number of aromatic nitrogens is 2. The van der Waals surface area contributed by atoms with Gasteiger partial charge in [-0.25, -0.2) is 14.4 Å². The number of nitrogens with two attached hydrogens (primary N) is 1. The lowest BCUT2D eigenvalue weighted by molar-refractivity contribution is 0.297. The number of ether oxygens (including phenoxy) is 3. The van der Waals surface area contributed by atoms with Gasteiger partial charge in [0.1, 0.15) is 18.2 Å². The normalized spacial score (nSPS) is 16.9. The summed E-state index contributed by atoms with van der Waals surface area (Å²) >= 11 is 0. The molecule has 3 heterocycles. The Balaban J connectivity index is 1.31. The summed E-state index contributed by atoms with van der Waals surface area (Å²) in [5.74, 6) is 2.65. The number of halogens is 1. The molecule has 0 bridgehead atoms. The predicted molar refractivity (Wildman–Crippen MR) is 126 cm³/mol. The molecule has 2 aliphatic heterocycles. The average molecular weight is 459 g/mol. The lowest BCUT2D eigenvalue weighted by Crippen LogP contribution is -2.31. The molecule has 1 atom stereocenters. The van der Waals surface area contributed by atoms with E-state index in [-0.39, 0.29) is 18.4 Å². The fourth-order valence-electron chi connectivity index (χ4n) is 4.18. The highest BCUT2D eigenvalue weighted by Gasteiger charge is 2.27. The van der Waals surface area contributed by atoms with E-state index in [2.05, 4.69) is 10.3 Å². The smallest absolute Gasteiger partial charge is 0.212 e. The Kier molecular flexibility index (Phi) is 4.94. The maximum absolute atomic E-state index is 13.4. The highest BCUT2D eigenvalue weighted by atomic mass is 19.1. The zero-order valence-electron chi connectivity index (χ0n) is 18.2. The maximum atomic E-state index is 13.4. The van der Waals surface area contributed by atoms with Gasteiger partial charge in [0, 0.05) is 18.6 Å². The Morgan fingerprint density at radius 1 is 1.06 bits per heavy atom. The van der Waals surface area contributed by atoms with Crippen LogP contribution in [-0.2, 0) is 6.61 Å². The summed E-state index contributed by atoms with van der Waals surface area (Å²) in [6, 6.07) is 17.8. The van der Waals surface area contributed by atoms with E-state index in [0.717, 1.165) is 28.6 Å². The summed E-state index contributed by atoms with van der Waals surface area (Å²) in [7, 11) is 0. The fourth-order valence-corrected chi connectivity index (χ4v) is 4.18. The molecule has 0 fully saturated rings. The maximum Gasteiger partial charge on any atom is 0.212 e. The van der Waals surface area contributed by atoms with Crippen molar-refractivity contribution < 1.29 is 18.6 Å². The molecule has 0 unspecified atom stereocenters. The number of hydrogen-bond acceptors (Lipinski definition) is 7. The largest absolute Gasteiger partial charge is 0.489 e. The molecule has 0 saturated heterocycles. The molecule has 3 N–H and O–H groups in total. The number of rotatable bonds is 4. The van der Waals surface area contributed by atoms with Gasteiger partial charge in [0.25, 0.3) is 0 Å². The van der Waals surface area contributed by atoms with E-state index >= 15 is 0 Å². The molecule has 0 radical (unpaired) electrons. The van der Waals surface area contributed by atoms with Crippen LogP contribution in [0.2, 0.25) is 0 Å². The van der Waals surface area contributed by atoms with Crippen molar-refractivity contribution in [3.63, 3.8) is 0 Å². The Morgan fingerprint density at radius 2 is 1.85 bits per heavy atom. The third kappa shape index (κ3) is 3.75. The van der Waals surface area contributed by atoms with Gasteiger partial charge in [-0.15, -0.1) is 0 Å². The Hall–Kier alpha value is -4.27. The van der Waals surface area contributed by atoms with Crippen LogP contribution in [0.3, 0.4) is 0 Å². The van der Waals surface area contributed by atoms with Crippen LogP contribution in [0.4, 0.5) is 10.3 Å². The molecule has 172 valence electrons. The van der Waals surface area contributed by atoms with Crippen LogP contribution in [0, 0.1) is 5.82 Å². The molecular formula is C25H22FN5O3. The SMILES string of the molecule is NC1=N[C@@H](c2ccc(OCc3cccc(F)c3)cc2)n2c(nc3cc4c(cc32)OCCCO4)N1. The fraction of sp³-hybridized carbons (Fsp3) is 0.200. The molecular weight excluding hydrogens is 437 g/mol. The van der Waals surface area contributed by atoms with Crippen molar-refractivity contribution in [2.75, 3.05) is 18.5 Å². The van der Waals surface area contributed by atoms with Crippen LogP contribution in [-0.4, -0.2) is 28.7 Å². The van der Waals surface area contributed by atoms with Gasteiger partial charge in [0.15, 0.2) is 23.6 Å². The quantitative estimate of drug-likeness (QED) is 0.475. The van der Waals surface area contributed by atoms with Crippen molar-refractivity contribution in [1.29, 1.82) is 0 Å². The lowest BCUT2D eigenvalue weighted by Gasteiger charge is -2.24. The zero-order chi connectivity index (χ0) is 23.1. The molecule has 0 saturated carbocycles. The van der Waals surface area contributed by atoms with Crippen LogP contribution in [0.15, 0.2) is 65.7 Å². The third-order valence-corrected chi connectivity index (χ3v) is 5.78. The summed E-state index contributed by atoms with van der Waals surface area (Å²) in [4.78, 5) is 9.34. The number of nitrogens with zero attached hydrogens (tertiary/aromatic N) is 3. The minimum absolute atomic E-state index is 0.277. The van der Waals surface area contributed by atoms with Crippen LogP contribution >= 0.6 is 0 Å². The van der Waals surface area contributed by atoms with Crippen molar-refractivity contribution in [2.24, 2.45) is 10.7 Å². The number of guanidine groups is 1. The van der Waals surface area contributed by atoms with E-state index in [1.54, 1.807) is 6.07 Å². The monoisotopic (exact) mass is 459 g/mol. The molecule has 9 heteroatoms. The first-order valence-corrected chi connectivity index (χ1v) is 11.0. The third-order valence-electron chi connectivity index (χ3n) is 5.78. The van der Waals surface area contributed by atoms with Crippen molar-refractivity contribution in [2.45, 2.75) is 19.2 Å². The second kappa shape index (κ2) is 8.26. The van der Waals surface area contributed by atoms with Crippen LogP contribution in [0.25, 0.3) is 11.0 Å². The summed E-state index contributed by atoms with van der Waals surface area (Å²) in [5.41, 5.74) is 9.37.